The van der Waals surface area contributed by atoms with Gasteiger partial charge >= 0.3 is 0 Å². The standard InChI is InChI=1S/C13H21N3O2/c1-18-8-4-7-15-13(17)11(9-14)10-16-12-5-2-3-6-12/h10,12,16H,2-8H2,1H3,(H,15,17)/b11-10-. The number of amides is 1. The van der Waals surface area contributed by atoms with Gasteiger partial charge in [0.2, 0.25) is 0 Å². The van der Waals surface area contributed by atoms with E-state index in [1.807, 2.05) is 6.07 Å². The van der Waals surface area contributed by atoms with Crippen LogP contribution in [0.5, 0.6) is 0 Å². The number of nitriles is 1. The van der Waals surface area contributed by atoms with E-state index in [0.717, 1.165) is 19.3 Å². The lowest BCUT2D eigenvalue weighted by molar-refractivity contribution is -0.117. The average molecular weight is 251 g/mol. The van der Waals surface area contributed by atoms with Crippen LogP contribution in [-0.4, -0.2) is 32.2 Å². The fourth-order valence-electron chi connectivity index (χ4n) is 1.96. The second-order valence-corrected chi connectivity index (χ2v) is 4.42. The number of methoxy groups -OCH3 is 1. The van der Waals surface area contributed by atoms with Crippen LogP contribution in [0.3, 0.4) is 0 Å². The van der Waals surface area contributed by atoms with Crippen molar-refractivity contribution < 1.29 is 9.53 Å². The minimum atomic E-state index is -0.320. The third kappa shape index (κ3) is 5.19. The molecule has 0 aromatic carbocycles. The van der Waals surface area contributed by atoms with Gasteiger partial charge in [0.05, 0.1) is 0 Å². The number of rotatable bonds is 7. The number of hydrogen-bond acceptors (Lipinski definition) is 4. The fraction of sp³-hybridized carbons (Fsp3) is 0.692. The molecule has 0 bridgehead atoms. The van der Waals surface area contributed by atoms with Crippen LogP contribution in [0.1, 0.15) is 32.1 Å². The summed E-state index contributed by atoms with van der Waals surface area (Å²) in [5.74, 6) is -0.320. The van der Waals surface area contributed by atoms with E-state index in [4.69, 9.17) is 10.00 Å². The number of carbonyl (C=O) groups excluding carboxylic acids is 1. The van der Waals surface area contributed by atoms with Crippen LogP contribution in [0.2, 0.25) is 0 Å². The molecule has 100 valence electrons. The van der Waals surface area contributed by atoms with E-state index in [0.29, 0.717) is 19.2 Å². The van der Waals surface area contributed by atoms with Gasteiger partial charge in [-0.3, -0.25) is 4.79 Å². The van der Waals surface area contributed by atoms with Crippen molar-refractivity contribution in [3.05, 3.63) is 11.8 Å². The van der Waals surface area contributed by atoms with Gasteiger partial charge in [0.25, 0.3) is 5.91 Å². The Bertz CT molecular complexity index is 328. The second kappa shape index (κ2) is 8.54. The zero-order chi connectivity index (χ0) is 13.2. The van der Waals surface area contributed by atoms with Gasteiger partial charge in [-0.25, -0.2) is 0 Å². The van der Waals surface area contributed by atoms with Crippen molar-refractivity contribution in [1.29, 1.82) is 5.26 Å². The summed E-state index contributed by atoms with van der Waals surface area (Å²) in [6, 6.07) is 2.33. The Kier molecular flexibility index (Phi) is 6.89. The van der Waals surface area contributed by atoms with Crippen molar-refractivity contribution in [2.24, 2.45) is 0 Å². The van der Waals surface area contributed by atoms with Crippen molar-refractivity contribution in [3.63, 3.8) is 0 Å². The number of carbonyl (C=O) groups is 1. The van der Waals surface area contributed by atoms with Crippen molar-refractivity contribution >= 4 is 5.91 Å². The highest BCUT2D eigenvalue weighted by Crippen LogP contribution is 2.17. The maximum absolute atomic E-state index is 11.7. The molecule has 0 spiro atoms. The van der Waals surface area contributed by atoms with Crippen LogP contribution in [-0.2, 0) is 9.53 Å². The van der Waals surface area contributed by atoms with E-state index in [1.54, 1.807) is 13.3 Å². The van der Waals surface area contributed by atoms with Crippen molar-refractivity contribution in [2.75, 3.05) is 20.3 Å². The smallest absolute Gasteiger partial charge is 0.263 e. The predicted octanol–water partition coefficient (Wildman–Crippen LogP) is 1.08. The Balaban J connectivity index is 2.32. The average Bonchev–Trinajstić information content (AvgIpc) is 2.88. The number of ether oxygens (including phenoxy) is 1. The number of nitrogens with one attached hydrogen (secondary N) is 2. The zero-order valence-corrected chi connectivity index (χ0v) is 10.9. The third-order valence-electron chi connectivity index (χ3n) is 2.99. The molecule has 5 heteroatoms. The van der Waals surface area contributed by atoms with Gasteiger partial charge in [0.1, 0.15) is 11.6 Å². The van der Waals surface area contributed by atoms with E-state index in [-0.39, 0.29) is 11.5 Å². The lowest BCUT2D eigenvalue weighted by atomic mass is 10.2. The Morgan fingerprint density at radius 1 is 1.50 bits per heavy atom. The van der Waals surface area contributed by atoms with Crippen molar-refractivity contribution in [2.45, 2.75) is 38.1 Å². The Hall–Kier alpha value is -1.54. The van der Waals surface area contributed by atoms with Crippen molar-refractivity contribution in [3.8, 4) is 6.07 Å². The van der Waals surface area contributed by atoms with E-state index < -0.39 is 0 Å². The summed E-state index contributed by atoms with van der Waals surface area (Å²) in [6.45, 7) is 1.13. The molecule has 1 aliphatic rings. The van der Waals surface area contributed by atoms with Crippen LogP contribution >= 0.6 is 0 Å². The second-order valence-electron chi connectivity index (χ2n) is 4.42. The van der Waals surface area contributed by atoms with Gasteiger partial charge < -0.3 is 15.4 Å². The van der Waals surface area contributed by atoms with Crippen LogP contribution in [0.4, 0.5) is 0 Å². The van der Waals surface area contributed by atoms with Gasteiger partial charge in [0, 0.05) is 32.5 Å². The van der Waals surface area contributed by atoms with Crippen LogP contribution < -0.4 is 10.6 Å². The molecule has 0 unspecified atom stereocenters. The summed E-state index contributed by atoms with van der Waals surface area (Å²) in [6.07, 6.45) is 6.96. The highest BCUT2D eigenvalue weighted by atomic mass is 16.5. The molecule has 0 aliphatic heterocycles. The van der Waals surface area contributed by atoms with Gasteiger partial charge in [-0.1, -0.05) is 12.8 Å². The lowest BCUT2D eigenvalue weighted by Crippen LogP contribution is -2.28. The van der Waals surface area contributed by atoms with E-state index in [9.17, 15) is 4.79 Å². The summed E-state index contributed by atoms with van der Waals surface area (Å²) in [7, 11) is 1.62. The molecular formula is C13H21N3O2. The molecule has 1 amide bonds. The first-order chi connectivity index (χ1) is 8.77. The first kappa shape index (κ1) is 14.5. The highest BCUT2D eigenvalue weighted by molar-refractivity contribution is 5.97. The molecule has 0 saturated heterocycles. The molecular weight excluding hydrogens is 230 g/mol. The molecule has 1 rings (SSSR count). The first-order valence-corrected chi connectivity index (χ1v) is 6.41. The van der Waals surface area contributed by atoms with Gasteiger partial charge in [-0.15, -0.1) is 0 Å². The molecule has 1 aliphatic carbocycles. The molecule has 1 fully saturated rings. The van der Waals surface area contributed by atoms with Crippen molar-refractivity contribution in [1.82, 2.24) is 10.6 Å². The topological polar surface area (TPSA) is 74.1 Å². The summed E-state index contributed by atoms with van der Waals surface area (Å²) >= 11 is 0. The first-order valence-electron chi connectivity index (χ1n) is 6.41. The highest BCUT2D eigenvalue weighted by Gasteiger charge is 2.14. The Morgan fingerprint density at radius 3 is 2.83 bits per heavy atom. The minimum absolute atomic E-state index is 0.138. The normalized spacial score (nSPS) is 16.3. The predicted molar refractivity (Wildman–Crippen MR) is 68.6 cm³/mol. The summed E-state index contributed by atoms with van der Waals surface area (Å²) in [4.78, 5) is 11.7. The molecule has 0 atom stereocenters. The van der Waals surface area contributed by atoms with Crippen LogP contribution in [0.15, 0.2) is 11.8 Å². The van der Waals surface area contributed by atoms with Crippen LogP contribution in [0.25, 0.3) is 0 Å². The summed E-state index contributed by atoms with van der Waals surface area (Å²) in [5.41, 5.74) is 0.138. The minimum Gasteiger partial charge on any atom is -0.387 e. The molecule has 5 nitrogen and oxygen atoms in total. The molecule has 0 radical (unpaired) electrons. The quantitative estimate of drug-likeness (QED) is 0.403. The summed E-state index contributed by atoms with van der Waals surface area (Å²) < 4.78 is 4.88. The molecule has 1 saturated carbocycles. The van der Waals surface area contributed by atoms with Gasteiger partial charge in [-0.05, 0) is 19.3 Å². The van der Waals surface area contributed by atoms with Gasteiger partial charge in [-0.2, -0.15) is 5.26 Å². The molecule has 0 heterocycles. The van der Waals surface area contributed by atoms with E-state index in [2.05, 4.69) is 10.6 Å². The lowest BCUT2D eigenvalue weighted by Gasteiger charge is -2.09. The molecule has 0 aromatic heterocycles. The molecule has 0 aromatic rings. The number of nitrogens with zero attached hydrogens (tertiary/aromatic N) is 1. The number of hydrogen-bond donors (Lipinski definition) is 2. The van der Waals surface area contributed by atoms with Gasteiger partial charge in [0.15, 0.2) is 0 Å². The largest absolute Gasteiger partial charge is 0.387 e. The molecule has 2 N–H and O–H groups in total. The SMILES string of the molecule is COCCCNC(=O)/C(C#N)=C\NC1CCCC1. The Labute approximate surface area is 108 Å². The monoisotopic (exact) mass is 251 g/mol. The third-order valence-corrected chi connectivity index (χ3v) is 2.99. The molecule has 18 heavy (non-hydrogen) atoms. The maximum Gasteiger partial charge on any atom is 0.263 e. The maximum atomic E-state index is 11.7. The van der Waals surface area contributed by atoms with Crippen LogP contribution in [0, 0.1) is 11.3 Å². The zero-order valence-electron chi connectivity index (χ0n) is 10.9. The van der Waals surface area contributed by atoms with E-state index >= 15 is 0 Å². The fourth-order valence-corrected chi connectivity index (χ4v) is 1.96. The summed E-state index contributed by atoms with van der Waals surface area (Å²) in [5, 5.41) is 14.8. The Morgan fingerprint density at radius 2 is 2.22 bits per heavy atom. The van der Waals surface area contributed by atoms with E-state index in [1.165, 1.54) is 12.8 Å².